The van der Waals surface area contributed by atoms with Crippen molar-refractivity contribution in [2.75, 3.05) is 26.2 Å². The molecular formula is C20H24N2O3S. The molecule has 0 saturated heterocycles. The molecule has 0 unspecified atom stereocenters. The number of carbonyl (C=O) groups excluding carboxylic acids is 1. The van der Waals surface area contributed by atoms with Crippen LogP contribution in [-0.2, 0) is 9.84 Å². The maximum absolute atomic E-state index is 13.3. The van der Waals surface area contributed by atoms with E-state index in [0.717, 1.165) is 13.1 Å². The summed E-state index contributed by atoms with van der Waals surface area (Å²) in [4.78, 5) is 16.8. The summed E-state index contributed by atoms with van der Waals surface area (Å²) >= 11 is 0. The van der Waals surface area contributed by atoms with Crippen LogP contribution >= 0.6 is 0 Å². The van der Waals surface area contributed by atoms with Gasteiger partial charge in [0.2, 0.25) is 9.84 Å². The molecule has 0 fully saturated rings. The number of nitrogens with zero attached hydrogens (tertiary/aromatic N) is 2. The standard InChI is InChI=1S/C20H24N2O3S/c1-3-21(4-2)14-15-22-19(23)17-12-8-9-13-18(17)20(22)26(24,25)16-10-6-5-7-11-16/h5-13,20H,3-4,14-15H2,1-2H3/t20-/m0/s1. The van der Waals surface area contributed by atoms with Gasteiger partial charge in [-0.1, -0.05) is 50.2 Å². The lowest BCUT2D eigenvalue weighted by Crippen LogP contribution is -2.39. The zero-order valence-electron chi connectivity index (χ0n) is 15.1. The minimum absolute atomic E-state index is 0.211. The van der Waals surface area contributed by atoms with E-state index >= 15 is 0 Å². The molecule has 1 heterocycles. The van der Waals surface area contributed by atoms with Crippen molar-refractivity contribution >= 4 is 15.7 Å². The molecule has 5 nitrogen and oxygen atoms in total. The number of hydrogen-bond donors (Lipinski definition) is 0. The van der Waals surface area contributed by atoms with Gasteiger partial charge in [0.1, 0.15) is 0 Å². The van der Waals surface area contributed by atoms with Gasteiger partial charge < -0.3 is 9.80 Å². The third-order valence-corrected chi connectivity index (χ3v) is 6.94. The first kappa shape index (κ1) is 18.6. The van der Waals surface area contributed by atoms with Crippen molar-refractivity contribution in [2.45, 2.75) is 24.1 Å². The van der Waals surface area contributed by atoms with E-state index in [1.807, 2.05) is 0 Å². The molecule has 2 aromatic rings. The molecule has 0 aliphatic carbocycles. The molecule has 138 valence electrons. The molecule has 1 aliphatic rings. The van der Waals surface area contributed by atoms with Crippen LogP contribution in [0.1, 0.15) is 35.1 Å². The van der Waals surface area contributed by atoms with Crippen molar-refractivity contribution < 1.29 is 13.2 Å². The van der Waals surface area contributed by atoms with Gasteiger partial charge in [0.15, 0.2) is 5.37 Å². The van der Waals surface area contributed by atoms with Crippen molar-refractivity contribution in [3.63, 3.8) is 0 Å². The molecule has 6 heteroatoms. The molecule has 0 aromatic heterocycles. The van der Waals surface area contributed by atoms with Gasteiger partial charge in [0.25, 0.3) is 5.91 Å². The van der Waals surface area contributed by atoms with Crippen LogP contribution in [0.5, 0.6) is 0 Å². The Kier molecular flexibility index (Phi) is 5.44. The first-order valence-electron chi connectivity index (χ1n) is 8.91. The average molecular weight is 372 g/mol. The second kappa shape index (κ2) is 7.60. The minimum atomic E-state index is -3.71. The molecular weight excluding hydrogens is 348 g/mol. The van der Waals surface area contributed by atoms with Crippen LogP contribution in [0.15, 0.2) is 59.5 Å². The summed E-state index contributed by atoms with van der Waals surface area (Å²) in [5.41, 5.74) is 1.05. The molecule has 1 atom stereocenters. The van der Waals surface area contributed by atoms with Crippen molar-refractivity contribution in [2.24, 2.45) is 0 Å². The van der Waals surface area contributed by atoms with Crippen LogP contribution in [-0.4, -0.2) is 50.3 Å². The monoisotopic (exact) mass is 372 g/mol. The molecule has 1 aliphatic heterocycles. The largest absolute Gasteiger partial charge is 0.316 e. The van der Waals surface area contributed by atoms with Gasteiger partial charge in [-0.15, -0.1) is 0 Å². The lowest BCUT2D eigenvalue weighted by molar-refractivity contribution is 0.0749. The predicted molar refractivity (Wildman–Crippen MR) is 102 cm³/mol. The summed E-state index contributed by atoms with van der Waals surface area (Å²) in [6, 6.07) is 15.4. The number of sulfone groups is 1. The van der Waals surface area contributed by atoms with E-state index in [-0.39, 0.29) is 10.8 Å². The quantitative estimate of drug-likeness (QED) is 0.750. The molecule has 2 aromatic carbocycles. The molecule has 0 spiro atoms. The first-order valence-corrected chi connectivity index (χ1v) is 10.5. The van der Waals surface area contributed by atoms with E-state index in [1.54, 1.807) is 54.6 Å². The number of carbonyl (C=O) groups is 1. The van der Waals surface area contributed by atoms with Gasteiger partial charge in [-0.25, -0.2) is 8.42 Å². The van der Waals surface area contributed by atoms with Crippen LogP contribution in [0.4, 0.5) is 0 Å². The molecule has 0 bridgehead atoms. The topological polar surface area (TPSA) is 57.7 Å². The van der Waals surface area contributed by atoms with Crippen molar-refractivity contribution in [1.29, 1.82) is 0 Å². The predicted octanol–water partition coefficient (Wildman–Crippen LogP) is 2.96. The van der Waals surface area contributed by atoms with Crippen LogP contribution in [0.25, 0.3) is 0 Å². The Labute approximate surface area is 155 Å². The van der Waals surface area contributed by atoms with Crippen LogP contribution in [0, 0.1) is 0 Å². The van der Waals surface area contributed by atoms with Crippen LogP contribution in [0.2, 0.25) is 0 Å². The summed E-state index contributed by atoms with van der Waals surface area (Å²) in [7, 11) is -3.71. The third-order valence-electron chi connectivity index (χ3n) is 4.92. The van der Waals surface area contributed by atoms with Crippen molar-refractivity contribution in [3.8, 4) is 0 Å². The second-order valence-corrected chi connectivity index (χ2v) is 8.33. The zero-order valence-corrected chi connectivity index (χ0v) is 15.9. The lowest BCUT2D eigenvalue weighted by Gasteiger charge is -2.28. The van der Waals surface area contributed by atoms with Crippen LogP contribution < -0.4 is 0 Å². The van der Waals surface area contributed by atoms with Crippen molar-refractivity contribution in [1.82, 2.24) is 9.80 Å². The van der Waals surface area contributed by atoms with Gasteiger partial charge in [-0.3, -0.25) is 4.79 Å². The maximum atomic E-state index is 13.3. The Balaban J connectivity index is 2.02. The SMILES string of the molecule is CCN(CC)CCN1C(=O)c2ccccc2[C@@H]1S(=O)(=O)c1ccccc1. The number of hydrogen-bond acceptors (Lipinski definition) is 4. The lowest BCUT2D eigenvalue weighted by atomic mass is 10.1. The Bertz CT molecular complexity index is 877. The summed E-state index contributed by atoms with van der Waals surface area (Å²) in [5.74, 6) is -0.211. The van der Waals surface area contributed by atoms with Gasteiger partial charge in [0, 0.05) is 24.2 Å². The fourth-order valence-corrected chi connectivity index (χ4v) is 5.29. The first-order chi connectivity index (χ1) is 12.5. The Morgan fingerprint density at radius 3 is 2.23 bits per heavy atom. The third kappa shape index (κ3) is 3.27. The van der Waals surface area contributed by atoms with Gasteiger partial charge in [-0.05, 0) is 31.3 Å². The highest BCUT2D eigenvalue weighted by molar-refractivity contribution is 7.91. The fraction of sp³-hybridized carbons (Fsp3) is 0.350. The minimum Gasteiger partial charge on any atom is -0.316 e. The van der Waals surface area contributed by atoms with Gasteiger partial charge in [-0.2, -0.15) is 0 Å². The molecule has 0 N–H and O–H groups in total. The molecule has 3 rings (SSSR count). The highest BCUT2D eigenvalue weighted by Crippen LogP contribution is 2.40. The number of benzene rings is 2. The van der Waals surface area contributed by atoms with E-state index in [0.29, 0.717) is 24.2 Å². The molecule has 0 radical (unpaired) electrons. The summed E-state index contributed by atoms with van der Waals surface area (Å²) < 4.78 is 26.7. The zero-order chi connectivity index (χ0) is 18.7. The number of likely N-dealkylation sites (N-methyl/N-ethyl adjacent to an activating group) is 1. The molecule has 0 saturated carbocycles. The van der Waals surface area contributed by atoms with Gasteiger partial charge in [0.05, 0.1) is 4.90 Å². The molecule has 1 amide bonds. The number of amides is 1. The van der Waals surface area contributed by atoms with Crippen molar-refractivity contribution in [3.05, 3.63) is 65.7 Å². The highest BCUT2D eigenvalue weighted by Gasteiger charge is 2.44. The van der Waals surface area contributed by atoms with E-state index in [1.165, 1.54) is 4.90 Å². The van der Waals surface area contributed by atoms with E-state index in [2.05, 4.69) is 18.7 Å². The highest BCUT2D eigenvalue weighted by atomic mass is 32.2. The van der Waals surface area contributed by atoms with Crippen LogP contribution in [0.3, 0.4) is 0 Å². The summed E-state index contributed by atoms with van der Waals surface area (Å²) in [6.45, 7) is 6.87. The Morgan fingerprint density at radius 2 is 1.58 bits per heavy atom. The number of fused-ring (bicyclic) bond motifs is 1. The van der Waals surface area contributed by atoms with E-state index in [4.69, 9.17) is 0 Å². The smallest absolute Gasteiger partial charge is 0.255 e. The summed E-state index contributed by atoms with van der Waals surface area (Å²) in [5, 5.41) is -0.968. The normalized spacial score (nSPS) is 17.0. The Hall–Kier alpha value is -2.18. The fourth-order valence-electron chi connectivity index (χ4n) is 3.42. The number of rotatable bonds is 7. The maximum Gasteiger partial charge on any atom is 0.255 e. The molecule has 26 heavy (non-hydrogen) atoms. The average Bonchev–Trinajstić information content (AvgIpc) is 2.96. The second-order valence-electron chi connectivity index (χ2n) is 6.32. The van der Waals surface area contributed by atoms with E-state index in [9.17, 15) is 13.2 Å². The Morgan fingerprint density at radius 1 is 0.962 bits per heavy atom. The van der Waals surface area contributed by atoms with E-state index < -0.39 is 15.2 Å². The summed E-state index contributed by atoms with van der Waals surface area (Å²) in [6.07, 6.45) is 0. The van der Waals surface area contributed by atoms with Gasteiger partial charge >= 0.3 is 0 Å².